The molecule has 3 N–H and O–H groups in total. The van der Waals surface area contributed by atoms with Gasteiger partial charge in [0.1, 0.15) is 12.1 Å². The third-order valence-corrected chi connectivity index (χ3v) is 9.37. The molecule has 11 heteroatoms. The second-order valence-electron chi connectivity index (χ2n) is 10.8. The van der Waals surface area contributed by atoms with Crippen molar-refractivity contribution in [3.8, 4) is 5.82 Å². The van der Waals surface area contributed by atoms with Gasteiger partial charge in [-0.3, -0.25) is 4.90 Å². The van der Waals surface area contributed by atoms with E-state index in [4.69, 9.17) is 10.7 Å². The Bertz CT molecular complexity index is 1450. The number of hydrogen-bond donors (Lipinski definition) is 2. The first-order valence-corrected chi connectivity index (χ1v) is 14.1. The van der Waals surface area contributed by atoms with Gasteiger partial charge in [-0.1, -0.05) is 6.42 Å². The van der Waals surface area contributed by atoms with E-state index in [9.17, 15) is 0 Å². The summed E-state index contributed by atoms with van der Waals surface area (Å²) in [6.45, 7) is 7.68. The number of nitrogen functional groups attached to an aromatic ring is 1. The van der Waals surface area contributed by atoms with Crippen LogP contribution in [-0.2, 0) is 0 Å². The normalized spacial score (nSPS) is 25.8. The van der Waals surface area contributed by atoms with E-state index >= 15 is 0 Å². The van der Waals surface area contributed by atoms with Gasteiger partial charge in [-0.2, -0.15) is 9.67 Å². The number of pyridine rings is 1. The van der Waals surface area contributed by atoms with Crippen LogP contribution in [0.4, 0.5) is 23.4 Å². The molecule has 1 saturated heterocycles. The predicted octanol–water partition coefficient (Wildman–Crippen LogP) is 4.00. The minimum atomic E-state index is 0.263. The Morgan fingerprint density at radius 3 is 2.81 bits per heavy atom. The lowest BCUT2D eigenvalue weighted by Gasteiger charge is -2.46. The highest BCUT2D eigenvalue weighted by atomic mass is 32.1. The smallest absolute Gasteiger partial charge is 0.248 e. The number of nitrogens with one attached hydrogen (secondary N) is 1. The van der Waals surface area contributed by atoms with Gasteiger partial charge in [-0.25, -0.2) is 15.0 Å². The van der Waals surface area contributed by atoms with Crippen molar-refractivity contribution >= 4 is 45.0 Å². The first kappa shape index (κ1) is 22.9. The van der Waals surface area contributed by atoms with Crippen LogP contribution in [0, 0.1) is 18.8 Å². The van der Waals surface area contributed by atoms with E-state index in [2.05, 4.69) is 55.1 Å². The number of nitrogens with two attached hydrogens (primary N) is 1. The van der Waals surface area contributed by atoms with E-state index in [0.29, 0.717) is 17.8 Å². The van der Waals surface area contributed by atoms with Crippen molar-refractivity contribution in [1.82, 2.24) is 34.6 Å². The number of aromatic nitrogens is 6. The first-order valence-electron chi connectivity index (χ1n) is 13.2. The van der Waals surface area contributed by atoms with Gasteiger partial charge in [-0.15, -0.1) is 16.4 Å². The zero-order valence-electron chi connectivity index (χ0n) is 21.2. The highest BCUT2D eigenvalue weighted by Gasteiger charge is 2.44. The quantitative estimate of drug-likeness (QED) is 0.406. The monoisotopic (exact) mass is 516 g/mol. The highest BCUT2D eigenvalue weighted by molar-refractivity contribution is 7.17. The summed E-state index contributed by atoms with van der Waals surface area (Å²) in [7, 11) is 0. The fraction of sp³-hybridized carbons (Fsp3) is 0.500. The van der Waals surface area contributed by atoms with Crippen LogP contribution in [0.15, 0.2) is 30.0 Å². The van der Waals surface area contributed by atoms with Crippen LogP contribution < -0.4 is 16.0 Å². The van der Waals surface area contributed by atoms with E-state index < -0.39 is 0 Å². The molecule has 5 heterocycles. The number of thiophene rings is 1. The standard InChI is InChI=1S/C26H32N10S/c1-15-9-19(31-26-32-25(27)36(33-26)24-22-20(5-8-37-22)29-14-30-24)12-28-23(15)34-6-7-35(16(2)13-34)21-11-17-3-4-18(21)10-17/h5,8-9,12,14,16-18,21H,3-4,6-7,10-11,13H2,1-2H3,(H3,27,31,32,33)/t16-,17?,18?,21-/m0/s1. The van der Waals surface area contributed by atoms with Crippen molar-refractivity contribution in [3.05, 3.63) is 35.6 Å². The van der Waals surface area contributed by atoms with Crippen LogP contribution in [-0.4, -0.2) is 66.3 Å². The summed E-state index contributed by atoms with van der Waals surface area (Å²) < 4.78 is 2.47. The maximum Gasteiger partial charge on any atom is 0.248 e. The predicted molar refractivity (Wildman–Crippen MR) is 147 cm³/mol. The number of rotatable bonds is 5. The van der Waals surface area contributed by atoms with Gasteiger partial charge < -0.3 is 16.0 Å². The minimum absolute atomic E-state index is 0.263. The van der Waals surface area contributed by atoms with Crippen molar-refractivity contribution in [2.45, 2.75) is 51.6 Å². The minimum Gasteiger partial charge on any atom is -0.368 e. The summed E-state index contributed by atoms with van der Waals surface area (Å²) in [6.07, 6.45) is 9.14. The Morgan fingerprint density at radius 1 is 1.11 bits per heavy atom. The third kappa shape index (κ3) is 4.00. The summed E-state index contributed by atoms with van der Waals surface area (Å²) in [5, 5.41) is 9.80. The van der Waals surface area contributed by atoms with Crippen LogP contribution >= 0.6 is 11.3 Å². The molecule has 0 amide bonds. The molecule has 4 aromatic rings. The summed E-state index contributed by atoms with van der Waals surface area (Å²) >= 11 is 1.55. The summed E-state index contributed by atoms with van der Waals surface area (Å²) in [6, 6.07) is 5.40. The first-order chi connectivity index (χ1) is 18.0. The van der Waals surface area contributed by atoms with Gasteiger partial charge in [0.2, 0.25) is 11.9 Å². The topological polar surface area (TPSA) is 114 Å². The molecule has 1 aliphatic heterocycles. The van der Waals surface area contributed by atoms with Crippen LogP contribution in [0.2, 0.25) is 0 Å². The van der Waals surface area contributed by atoms with Gasteiger partial charge in [-0.05, 0) is 68.0 Å². The summed E-state index contributed by atoms with van der Waals surface area (Å²) in [5.74, 6) is 4.27. The Hall–Kier alpha value is -3.31. The lowest BCUT2D eigenvalue weighted by molar-refractivity contribution is 0.0899. The molecule has 3 fully saturated rings. The molecule has 7 rings (SSSR count). The zero-order valence-corrected chi connectivity index (χ0v) is 22.0. The summed E-state index contributed by atoms with van der Waals surface area (Å²) in [5.41, 5.74) is 9.02. The molecule has 37 heavy (non-hydrogen) atoms. The molecule has 2 saturated carbocycles. The van der Waals surface area contributed by atoms with Gasteiger partial charge >= 0.3 is 0 Å². The molecular formula is C26H32N10S. The number of hydrogen-bond acceptors (Lipinski definition) is 10. The largest absolute Gasteiger partial charge is 0.368 e. The molecular weight excluding hydrogens is 484 g/mol. The van der Waals surface area contributed by atoms with Crippen LogP contribution in [0.5, 0.6) is 0 Å². The molecule has 192 valence electrons. The SMILES string of the molecule is Cc1cc(Nc2nc(N)n(-c3ncnc4ccsc34)n2)cnc1N1CCN([C@H]2CC3CCC2C3)[C@@H](C)C1. The maximum atomic E-state index is 6.19. The van der Waals surface area contributed by atoms with Crippen molar-refractivity contribution in [2.75, 3.05) is 35.6 Å². The number of anilines is 4. The number of aryl methyl sites for hydroxylation is 1. The molecule has 2 unspecified atom stereocenters. The fourth-order valence-corrected chi connectivity index (χ4v) is 7.65. The van der Waals surface area contributed by atoms with E-state index in [1.807, 2.05) is 17.6 Å². The Balaban J connectivity index is 1.05. The molecule has 4 aromatic heterocycles. The number of piperazine rings is 1. The Kier molecular flexibility index (Phi) is 5.51. The number of nitrogens with zero attached hydrogens (tertiary/aromatic N) is 8. The van der Waals surface area contributed by atoms with E-state index in [1.54, 1.807) is 16.0 Å². The second-order valence-corrected chi connectivity index (χ2v) is 11.7. The lowest BCUT2D eigenvalue weighted by Crippen LogP contribution is -2.56. The molecule has 0 radical (unpaired) electrons. The maximum absolute atomic E-state index is 6.19. The van der Waals surface area contributed by atoms with Crippen LogP contribution in [0.25, 0.3) is 16.0 Å². The molecule has 3 aliphatic rings. The third-order valence-electron chi connectivity index (χ3n) is 8.47. The van der Waals surface area contributed by atoms with Crippen molar-refractivity contribution in [3.63, 3.8) is 0 Å². The van der Waals surface area contributed by atoms with Crippen LogP contribution in [0.1, 0.15) is 38.2 Å². The van der Waals surface area contributed by atoms with E-state index in [1.165, 1.54) is 32.0 Å². The molecule has 0 spiro atoms. The van der Waals surface area contributed by atoms with Gasteiger partial charge in [0.15, 0.2) is 5.82 Å². The van der Waals surface area contributed by atoms with Crippen molar-refractivity contribution < 1.29 is 0 Å². The van der Waals surface area contributed by atoms with Gasteiger partial charge in [0, 0.05) is 31.7 Å². The Labute approximate surface area is 219 Å². The lowest BCUT2D eigenvalue weighted by atomic mass is 9.92. The number of fused-ring (bicyclic) bond motifs is 3. The average Bonchev–Trinajstić information content (AvgIpc) is 3.68. The van der Waals surface area contributed by atoms with Gasteiger partial charge in [0.05, 0.1) is 22.1 Å². The van der Waals surface area contributed by atoms with Crippen molar-refractivity contribution in [1.29, 1.82) is 0 Å². The van der Waals surface area contributed by atoms with Crippen LogP contribution in [0.3, 0.4) is 0 Å². The zero-order chi connectivity index (χ0) is 25.1. The van der Waals surface area contributed by atoms with E-state index in [0.717, 1.165) is 64.8 Å². The Morgan fingerprint density at radius 2 is 2.03 bits per heavy atom. The fourth-order valence-electron chi connectivity index (χ4n) is 6.83. The molecule has 10 nitrogen and oxygen atoms in total. The van der Waals surface area contributed by atoms with E-state index in [-0.39, 0.29) is 5.95 Å². The average molecular weight is 517 g/mol. The molecule has 2 bridgehead atoms. The molecule has 0 aromatic carbocycles. The molecule has 2 aliphatic carbocycles. The highest BCUT2D eigenvalue weighted by Crippen LogP contribution is 2.47. The summed E-state index contributed by atoms with van der Waals surface area (Å²) in [4.78, 5) is 23.2. The second kappa shape index (κ2) is 8.91. The van der Waals surface area contributed by atoms with Gasteiger partial charge in [0.25, 0.3) is 0 Å². The van der Waals surface area contributed by atoms with Crippen molar-refractivity contribution in [2.24, 2.45) is 11.8 Å². The molecule has 4 atom stereocenters.